The van der Waals surface area contributed by atoms with Gasteiger partial charge in [-0.1, -0.05) is 43.3 Å². The van der Waals surface area contributed by atoms with Gasteiger partial charge in [-0.15, -0.1) is 0 Å². The van der Waals surface area contributed by atoms with Crippen molar-refractivity contribution in [3.05, 3.63) is 65.9 Å². The maximum absolute atomic E-state index is 13.5. The number of anilines is 1. The van der Waals surface area contributed by atoms with Crippen molar-refractivity contribution in [2.75, 3.05) is 24.6 Å². The van der Waals surface area contributed by atoms with Gasteiger partial charge in [0.1, 0.15) is 11.4 Å². The van der Waals surface area contributed by atoms with Gasteiger partial charge in [0.25, 0.3) is 11.8 Å². The molecule has 1 fully saturated rings. The first-order valence-electron chi connectivity index (χ1n) is 10.3. The lowest BCUT2D eigenvalue weighted by Crippen LogP contribution is -2.38. The number of ether oxygens (including phenoxy) is 1. The molecule has 0 aliphatic carbocycles. The average molecular weight is 390 g/mol. The number of benzene rings is 2. The van der Waals surface area contributed by atoms with Gasteiger partial charge in [0.05, 0.1) is 17.9 Å². The van der Waals surface area contributed by atoms with Crippen LogP contribution in [0.1, 0.15) is 32.3 Å². The number of imide groups is 1. The van der Waals surface area contributed by atoms with E-state index >= 15 is 0 Å². The van der Waals surface area contributed by atoms with Gasteiger partial charge in [-0.25, -0.2) is 4.90 Å². The van der Waals surface area contributed by atoms with Crippen molar-refractivity contribution in [2.24, 2.45) is 5.92 Å². The van der Waals surface area contributed by atoms with Crippen molar-refractivity contribution in [3.63, 3.8) is 0 Å². The van der Waals surface area contributed by atoms with E-state index in [4.69, 9.17) is 4.74 Å². The highest BCUT2D eigenvalue weighted by atomic mass is 16.5. The van der Waals surface area contributed by atoms with Crippen molar-refractivity contribution >= 4 is 23.1 Å². The third-order valence-electron chi connectivity index (χ3n) is 5.61. The molecule has 0 unspecified atom stereocenters. The summed E-state index contributed by atoms with van der Waals surface area (Å²) in [5.74, 6) is 0.755. The Kier molecular flexibility index (Phi) is 5.38. The number of amides is 2. The number of nitrogens with zero attached hydrogens (tertiary/aromatic N) is 2. The summed E-state index contributed by atoms with van der Waals surface area (Å²) in [7, 11) is 0. The minimum Gasteiger partial charge on any atom is -0.494 e. The Balaban J connectivity index is 1.77. The molecule has 29 heavy (non-hydrogen) atoms. The first-order chi connectivity index (χ1) is 14.1. The number of likely N-dealkylation sites (tertiary alicyclic amines) is 1. The Morgan fingerprint density at radius 1 is 0.966 bits per heavy atom. The van der Waals surface area contributed by atoms with Crippen LogP contribution in [0.4, 0.5) is 5.69 Å². The molecule has 1 saturated heterocycles. The lowest BCUT2D eigenvalue weighted by molar-refractivity contribution is -0.120. The van der Waals surface area contributed by atoms with Crippen molar-refractivity contribution < 1.29 is 14.3 Å². The number of carbonyl (C=O) groups excluding carboxylic acids is 2. The normalized spacial score (nSPS) is 18.0. The SMILES string of the molecule is CCOc1cccc(N2C(=O)C(c3ccccc3)=C(N3CCC(C)CC3)C2=O)c1. The van der Waals surface area contributed by atoms with Crippen LogP contribution in [-0.4, -0.2) is 36.4 Å². The van der Waals surface area contributed by atoms with E-state index < -0.39 is 0 Å². The molecule has 0 radical (unpaired) electrons. The largest absolute Gasteiger partial charge is 0.494 e. The van der Waals surface area contributed by atoms with Crippen LogP contribution in [-0.2, 0) is 9.59 Å². The van der Waals surface area contributed by atoms with Crippen LogP contribution in [0.3, 0.4) is 0 Å². The van der Waals surface area contributed by atoms with Crippen LogP contribution >= 0.6 is 0 Å². The molecule has 0 saturated carbocycles. The summed E-state index contributed by atoms with van der Waals surface area (Å²) in [5.41, 5.74) is 2.34. The maximum atomic E-state index is 13.5. The Labute approximate surface area is 171 Å². The van der Waals surface area contributed by atoms with Gasteiger partial charge in [0.15, 0.2) is 0 Å². The van der Waals surface area contributed by atoms with E-state index in [0.717, 1.165) is 31.5 Å². The molecule has 5 nitrogen and oxygen atoms in total. The molecule has 150 valence electrons. The van der Waals surface area contributed by atoms with E-state index in [1.54, 1.807) is 12.1 Å². The van der Waals surface area contributed by atoms with E-state index in [9.17, 15) is 9.59 Å². The number of carbonyl (C=O) groups is 2. The van der Waals surface area contributed by atoms with Gasteiger partial charge >= 0.3 is 0 Å². The number of hydrogen-bond acceptors (Lipinski definition) is 4. The van der Waals surface area contributed by atoms with Gasteiger partial charge in [0, 0.05) is 19.2 Å². The molecule has 2 heterocycles. The van der Waals surface area contributed by atoms with E-state index in [1.165, 1.54) is 4.90 Å². The molecule has 0 bridgehead atoms. The quantitative estimate of drug-likeness (QED) is 0.721. The molecule has 2 aliphatic heterocycles. The van der Waals surface area contributed by atoms with Crippen LogP contribution in [0, 0.1) is 5.92 Å². The molecule has 0 N–H and O–H groups in total. The predicted molar refractivity (Wildman–Crippen MR) is 113 cm³/mol. The predicted octanol–water partition coefficient (Wildman–Crippen LogP) is 4.10. The fourth-order valence-corrected chi connectivity index (χ4v) is 4.02. The molecule has 0 atom stereocenters. The first kappa shape index (κ1) is 19.2. The summed E-state index contributed by atoms with van der Waals surface area (Å²) < 4.78 is 5.57. The summed E-state index contributed by atoms with van der Waals surface area (Å²) in [6.07, 6.45) is 2.04. The molecule has 2 aromatic rings. The second-order valence-corrected chi connectivity index (χ2v) is 7.64. The third kappa shape index (κ3) is 3.65. The summed E-state index contributed by atoms with van der Waals surface area (Å²) in [4.78, 5) is 30.4. The zero-order valence-corrected chi connectivity index (χ0v) is 16.9. The third-order valence-corrected chi connectivity index (χ3v) is 5.61. The second kappa shape index (κ2) is 8.11. The molecule has 2 amide bonds. The summed E-state index contributed by atoms with van der Waals surface area (Å²) in [6.45, 7) is 6.24. The van der Waals surface area contributed by atoms with Crippen molar-refractivity contribution in [1.82, 2.24) is 4.90 Å². The average Bonchev–Trinajstić information content (AvgIpc) is 3.00. The minimum absolute atomic E-state index is 0.253. The molecular formula is C24H26N2O3. The fraction of sp³-hybridized carbons (Fsp3) is 0.333. The zero-order chi connectivity index (χ0) is 20.4. The summed E-state index contributed by atoms with van der Waals surface area (Å²) in [5, 5.41) is 0. The monoisotopic (exact) mass is 390 g/mol. The Hall–Kier alpha value is -3.08. The van der Waals surface area contributed by atoms with Crippen LogP contribution in [0.25, 0.3) is 5.57 Å². The highest BCUT2D eigenvalue weighted by molar-refractivity contribution is 6.45. The fourth-order valence-electron chi connectivity index (χ4n) is 4.02. The van der Waals surface area contributed by atoms with Crippen LogP contribution < -0.4 is 9.64 Å². The van der Waals surface area contributed by atoms with E-state index in [0.29, 0.717) is 35.2 Å². The van der Waals surface area contributed by atoms with Crippen molar-refractivity contribution in [2.45, 2.75) is 26.7 Å². The first-order valence-corrected chi connectivity index (χ1v) is 10.3. The number of piperidine rings is 1. The highest BCUT2D eigenvalue weighted by Crippen LogP contribution is 2.37. The second-order valence-electron chi connectivity index (χ2n) is 7.64. The van der Waals surface area contributed by atoms with Gasteiger partial charge in [-0.2, -0.15) is 0 Å². The molecule has 4 rings (SSSR count). The van der Waals surface area contributed by atoms with E-state index in [-0.39, 0.29) is 11.8 Å². The molecule has 2 aliphatic rings. The number of hydrogen-bond donors (Lipinski definition) is 0. The van der Waals surface area contributed by atoms with Crippen molar-refractivity contribution in [1.29, 1.82) is 0 Å². The van der Waals surface area contributed by atoms with E-state index in [1.807, 2.05) is 49.4 Å². The Bertz CT molecular complexity index is 944. The van der Waals surface area contributed by atoms with Gasteiger partial charge in [-0.05, 0) is 43.4 Å². The summed E-state index contributed by atoms with van der Waals surface area (Å²) in [6, 6.07) is 16.7. The molecule has 5 heteroatoms. The standard InChI is InChI=1S/C24H26N2O3/c1-3-29-20-11-7-10-19(16-20)26-23(27)21(18-8-5-4-6-9-18)22(24(26)28)25-14-12-17(2)13-15-25/h4-11,16-17H,3,12-15H2,1-2H3. The van der Waals surface area contributed by atoms with E-state index in [2.05, 4.69) is 11.8 Å². The van der Waals surface area contributed by atoms with Crippen LogP contribution in [0.15, 0.2) is 60.3 Å². The highest BCUT2D eigenvalue weighted by Gasteiger charge is 2.43. The number of rotatable bonds is 5. The Morgan fingerprint density at radius 2 is 1.69 bits per heavy atom. The smallest absolute Gasteiger partial charge is 0.282 e. The van der Waals surface area contributed by atoms with Gasteiger partial charge in [-0.3, -0.25) is 9.59 Å². The minimum atomic E-state index is -0.275. The molecule has 2 aromatic carbocycles. The lowest BCUT2D eigenvalue weighted by Gasteiger charge is -2.32. The lowest BCUT2D eigenvalue weighted by atomic mass is 9.97. The van der Waals surface area contributed by atoms with Crippen LogP contribution in [0.5, 0.6) is 5.75 Å². The Morgan fingerprint density at radius 3 is 2.38 bits per heavy atom. The molecular weight excluding hydrogens is 364 g/mol. The molecule has 0 spiro atoms. The summed E-state index contributed by atoms with van der Waals surface area (Å²) >= 11 is 0. The van der Waals surface area contributed by atoms with Gasteiger partial charge in [0.2, 0.25) is 0 Å². The van der Waals surface area contributed by atoms with Crippen molar-refractivity contribution in [3.8, 4) is 5.75 Å². The topological polar surface area (TPSA) is 49.9 Å². The van der Waals surface area contributed by atoms with Gasteiger partial charge < -0.3 is 9.64 Å². The van der Waals surface area contributed by atoms with Crippen LogP contribution in [0.2, 0.25) is 0 Å². The zero-order valence-electron chi connectivity index (χ0n) is 16.9. The maximum Gasteiger partial charge on any atom is 0.282 e. The molecule has 0 aromatic heterocycles.